The van der Waals surface area contributed by atoms with E-state index in [0.717, 1.165) is 19.6 Å². The Bertz CT molecular complexity index is 270. The van der Waals surface area contributed by atoms with Crippen molar-refractivity contribution in [2.75, 3.05) is 26.7 Å². The Morgan fingerprint density at radius 1 is 1.11 bits per heavy atom. The van der Waals surface area contributed by atoms with Crippen LogP contribution in [0.4, 0.5) is 0 Å². The third-order valence-corrected chi connectivity index (χ3v) is 3.21. The zero-order valence-corrected chi connectivity index (χ0v) is 13.5. The summed E-state index contributed by atoms with van der Waals surface area (Å²) in [6.07, 6.45) is 4.37. The van der Waals surface area contributed by atoms with Crippen LogP contribution in [-0.4, -0.2) is 37.6 Å². The van der Waals surface area contributed by atoms with E-state index in [1.165, 1.54) is 20.0 Å². The van der Waals surface area contributed by atoms with Crippen LogP contribution in [0, 0.1) is 11.8 Å². The van der Waals surface area contributed by atoms with E-state index in [-0.39, 0.29) is 5.97 Å². The lowest BCUT2D eigenvalue weighted by atomic mass is 10.1. The topological polar surface area (TPSA) is 29.5 Å². The molecule has 0 amide bonds. The van der Waals surface area contributed by atoms with E-state index in [4.69, 9.17) is 4.74 Å². The number of nitrogens with zero attached hydrogens (tertiary/aromatic N) is 1. The van der Waals surface area contributed by atoms with E-state index in [1.807, 2.05) is 13.0 Å². The highest BCUT2D eigenvalue weighted by molar-refractivity contribution is 5.87. The van der Waals surface area contributed by atoms with Crippen LogP contribution in [0.5, 0.6) is 0 Å². The fourth-order valence-corrected chi connectivity index (χ4v) is 1.69. The number of carbonyl (C=O) groups excluding carboxylic acids is 1. The summed E-state index contributed by atoms with van der Waals surface area (Å²) in [4.78, 5) is 13.8. The highest BCUT2D eigenvalue weighted by Crippen LogP contribution is 2.07. The molecule has 0 heterocycles. The minimum atomic E-state index is -0.229. The lowest BCUT2D eigenvalue weighted by Crippen LogP contribution is -2.28. The molecule has 0 rings (SSSR count). The quantitative estimate of drug-likeness (QED) is 0.474. The first-order chi connectivity index (χ1) is 8.86. The summed E-state index contributed by atoms with van der Waals surface area (Å²) in [5.74, 6) is 1.20. The van der Waals surface area contributed by atoms with Gasteiger partial charge in [-0.1, -0.05) is 33.8 Å². The summed E-state index contributed by atoms with van der Waals surface area (Å²) in [5, 5.41) is 0. The number of rotatable bonds is 9. The molecule has 0 unspecified atom stereocenters. The smallest absolute Gasteiger partial charge is 0.333 e. The Morgan fingerprint density at radius 2 is 1.58 bits per heavy atom. The van der Waals surface area contributed by atoms with Crippen molar-refractivity contribution in [3.63, 3.8) is 0 Å². The molecule has 0 aliphatic carbocycles. The van der Waals surface area contributed by atoms with Crippen LogP contribution in [0.1, 0.15) is 47.5 Å². The normalized spacial score (nSPS) is 12.6. The number of ether oxygens (including phenoxy) is 1. The summed E-state index contributed by atoms with van der Waals surface area (Å²) in [6.45, 7) is 13.8. The van der Waals surface area contributed by atoms with E-state index in [1.54, 1.807) is 0 Å². The van der Waals surface area contributed by atoms with Gasteiger partial charge in [0.05, 0.1) is 7.11 Å². The van der Waals surface area contributed by atoms with Gasteiger partial charge in [-0.25, -0.2) is 4.79 Å². The summed E-state index contributed by atoms with van der Waals surface area (Å²) in [5.41, 5.74) is 0.696. The molecule has 19 heavy (non-hydrogen) atoms. The number of carbonyl (C=O) groups is 1. The molecular formula is C16H31NO2. The van der Waals surface area contributed by atoms with Crippen molar-refractivity contribution in [1.29, 1.82) is 0 Å². The second-order valence-corrected chi connectivity index (χ2v) is 6.04. The fraction of sp³-hybridized carbons (Fsp3) is 0.812. The highest BCUT2D eigenvalue weighted by atomic mass is 16.5. The first kappa shape index (κ1) is 18.2. The fourth-order valence-electron chi connectivity index (χ4n) is 1.69. The third-order valence-electron chi connectivity index (χ3n) is 3.21. The van der Waals surface area contributed by atoms with E-state index in [9.17, 15) is 4.79 Å². The van der Waals surface area contributed by atoms with Gasteiger partial charge >= 0.3 is 5.97 Å². The van der Waals surface area contributed by atoms with Gasteiger partial charge in [-0.2, -0.15) is 0 Å². The molecule has 0 N–H and O–H groups in total. The van der Waals surface area contributed by atoms with Gasteiger partial charge in [0.15, 0.2) is 0 Å². The minimum absolute atomic E-state index is 0.229. The number of methoxy groups -OCH3 is 1. The summed E-state index contributed by atoms with van der Waals surface area (Å²) in [7, 11) is 1.43. The Hall–Kier alpha value is -0.830. The predicted octanol–water partition coefficient (Wildman–Crippen LogP) is 3.50. The van der Waals surface area contributed by atoms with Crippen LogP contribution in [-0.2, 0) is 9.53 Å². The summed E-state index contributed by atoms with van der Waals surface area (Å²) in [6, 6.07) is 0. The van der Waals surface area contributed by atoms with E-state index in [2.05, 4.69) is 32.6 Å². The molecule has 0 aliphatic heterocycles. The molecule has 0 spiro atoms. The van der Waals surface area contributed by atoms with Crippen molar-refractivity contribution in [3.05, 3.63) is 11.6 Å². The molecule has 0 aromatic rings. The molecule has 0 aliphatic rings. The van der Waals surface area contributed by atoms with E-state index < -0.39 is 0 Å². The molecule has 0 bridgehead atoms. The molecule has 0 fully saturated rings. The molecule has 0 atom stereocenters. The minimum Gasteiger partial charge on any atom is -0.466 e. The largest absolute Gasteiger partial charge is 0.466 e. The van der Waals surface area contributed by atoms with Gasteiger partial charge in [0.1, 0.15) is 0 Å². The second kappa shape index (κ2) is 10.0. The molecule has 112 valence electrons. The third kappa shape index (κ3) is 9.71. The van der Waals surface area contributed by atoms with Crippen molar-refractivity contribution in [2.24, 2.45) is 11.8 Å². The van der Waals surface area contributed by atoms with Crippen LogP contribution >= 0.6 is 0 Å². The van der Waals surface area contributed by atoms with Crippen LogP contribution in [0.3, 0.4) is 0 Å². The molecule has 3 nitrogen and oxygen atoms in total. The van der Waals surface area contributed by atoms with Gasteiger partial charge in [0.25, 0.3) is 0 Å². The van der Waals surface area contributed by atoms with Gasteiger partial charge in [0.2, 0.25) is 0 Å². The summed E-state index contributed by atoms with van der Waals surface area (Å²) < 4.78 is 4.71. The maximum Gasteiger partial charge on any atom is 0.333 e. The molecular weight excluding hydrogens is 238 g/mol. The van der Waals surface area contributed by atoms with Gasteiger partial charge in [-0.05, 0) is 44.7 Å². The Morgan fingerprint density at radius 3 is 1.95 bits per heavy atom. The molecule has 0 aromatic carbocycles. The molecule has 0 saturated carbocycles. The van der Waals surface area contributed by atoms with Crippen molar-refractivity contribution in [3.8, 4) is 0 Å². The Kier molecular flexibility index (Phi) is 9.58. The maximum atomic E-state index is 11.3. The molecule has 0 aromatic heterocycles. The second-order valence-electron chi connectivity index (χ2n) is 6.04. The van der Waals surface area contributed by atoms with Crippen molar-refractivity contribution in [1.82, 2.24) is 4.90 Å². The zero-order valence-electron chi connectivity index (χ0n) is 13.5. The average Bonchev–Trinajstić information content (AvgIpc) is 2.35. The van der Waals surface area contributed by atoms with E-state index >= 15 is 0 Å². The zero-order chi connectivity index (χ0) is 14.8. The molecule has 0 radical (unpaired) electrons. The van der Waals surface area contributed by atoms with Gasteiger partial charge in [0, 0.05) is 12.1 Å². The van der Waals surface area contributed by atoms with Crippen molar-refractivity contribution >= 4 is 5.97 Å². The lowest BCUT2D eigenvalue weighted by molar-refractivity contribution is -0.136. The number of esters is 1. The van der Waals surface area contributed by atoms with E-state index in [0.29, 0.717) is 17.4 Å². The average molecular weight is 269 g/mol. The van der Waals surface area contributed by atoms with Gasteiger partial charge in [-0.3, -0.25) is 4.90 Å². The SMILES string of the molecule is COC(=O)C(C)=CCN(CCC(C)C)CCC(C)C. The van der Waals surface area contributed by atoms with Gasteiger partial charge in [-0.15, -0.1) is 0 Å². The maximum absolute atomic E-state index is 11.3. The van der Waals surface area contributed by atoms with Crippen molar-refractivity contribution < 1.29 is 9.53 Å². The van der Waals surface area contributed by atoms with Crippen LogP contribution in [0.15, 0.2) is 11.6 Å². The Balaban J connectivity index is 4.35. The van der Waals surface area contributed by atoms with Crippen LogP contribution in [0.2, 0.25) is 0 Å². The van der Waals surface area contributed by atoms with Crippen LogP contribution in [0.25, 0.3) is 0 Å². The lowest BCUT2D eigenvalue weighted by Gasteiger charge is -2.23. The standard InChI is InChI=1S/C16H31NO2/c1-13(2)7-10-17(11-8-14(3)4)12-9-15(5)16(18)19-6/h9,13-14H,7-8,10-12H2,1-6H3. The number of hydrogen-bond donors (Lipinski definition) is 0. The number of hydrogen-bond acceptors (Lipinski definition) is 3. The Labute approximate surface area is 119 Å². The highest BCUT2D eigenvalue weighted by Gasteiger charge is 2.08. The van der Waals surface area contributed by atoms with Gasteiger partial charge < -0.3 is 4.74 Å². The molecule has 3 heteroatoms. The monoisotopic (exact) mass is 269 g/mol. The predicted molar refractivity (Wildman–Crippen MR) is 81.1 cm³/mol. The summed E-state index contributed by atoms with van der Waals surface area (Å²) >= 11 is 0. The molecule has 0 saturated heterocycles. The first-order valence-electron chi connectivity index (χ1n) is 7.34. The first-order valence-corrected chi connectivity index (χ1v) is 7.34. The van der Waals surface area contributed by atoms with Crippen LogP contribution < -0.4 is 0 Å². The van der Waals surface area contributed by atoms with Crippen molar-refractivity contribution in [2.45, 2.75) is 47.5 Å².